The zero-order valence-electron chi connectivity index (χ0n) is 6.42. The van der Waals surface area contributed by atoms with Gasteiger partial charge in [-0.05, 0) is 0 Å². The first kappa shape index (κ1) is 10.5. The lowest BCUT2D eigenvalue weighted by molar-refractivity contribution is -0.116. The van der Waals surface area contributed by atoms with E-state index >= 15 is 0 Å². The van der Waals surface area contributed by atoms with Gasteiger partial charge in [0.1, 0.15) is 6.54 Å². The molecule has 0 amide bonds. The lowest BCUT2D eigenvalue weighted by atomic mass is 10.6. The smallest absolute Gasteiger partial charge is 0.260 e. The molecular formula is C5H13IN5+. The number of nitrogens with zero attached hydrogens (tertiary/aromatic N) is 2. The molecule has 0 atom stereocenters. The van der Waals surface area contributed by atoms with Crippen molar-refractivity contribution in [2.24, 2.45) is 16.5 Å². The fourth-order valence-electron chi connectivity index (χ4n) is 0.354. The van der Waals surface area contributed by atoms with Crippen LogP contribution in [-0.2, 0) is 0 Å². The fraction of sp³-hybridized carbons (Fsp3) is 0.600. The molecule has 0 saturated heterocycles. The Labute approximate surface area is 79.5 Å². The fourth-order valence-corrected chi connectivity index (χ4v) is 0.704. The van der Waals surface area contributed by atoms with Crippen molar-refractivity contribution in [2.45, 2.75) is 0 Å². The molecule has 0 bridgehead atoms. The van der Waals surface area contributed by atoms with E-state index in [9.17, 15) is 0 Å². The molecule has 0 spiro atoms. The molecule has 64 valence electrons. The Morgan fingerprint density at radius 2 is 2.18 bits per heavy atom. The molecule has 0 aromatic rings. The topological polar surface area (TPSA) is 93.2 Å². The molecule has 0 aliphatic carbocycles. The van der Waals surface area contributed by atoms with E-state index in [1.165, 1.54) is 0 Å². The third-order valence-electron chi connectivity index (χ3n) is 0.994. The van der Waals surface area contributed by atoms with Crippen molar-refractivity contribution in [1.82, 2.24) is 4.90 Å². The highest BCUT2D eigenvalue weighted by Gasteiger charge is 1.99. The predicted octanol–water partition coefficient (Wildman–Crippen LogP) is -2.26. The Bertz CT molecular complexity index is 166. The van der Waals surface area contributed by atoms with Crippen LogP contribution in [0.4, 0.5) is 0 Å². The highest BCUT2D eigenvalue weighted by Crippen LogP contribution is 1.88. The molecule has 0 unspecified atom stereocenters. The Hall–Kier alpha value is -0.530. The van der Waals surface area contributed by atoms with Crippen LogP contribution >= 0.6 is 22.6 Å². The Kier molecular flexibility index (Phi) is 4.92. The zero-order chi connectivity index (χ0) is 8.85. The molecule has 0 aromatic heterocycles. The molecule has 0 aromatic carbocycles. The lowest BCUT2D eigenvalue weighted by Crippen LogP contribution is -2.48. The van der Waals surface area contributed by atoms with Crippen molar-refractivity contribution in [3.8, 4) is 0 Å². The van der Waals surface area contributed by atoms with Gasteiger partial charge in [-0.3, -0.25) is 11.1 Å². The largest absolute Gasteiger partial charge is 0.370 e. The van der Waals surface area contributed by atoms with Crippen LogP contribution in [0, 0.1) is 0 Å². The summed E-state index contributed by atoms with van der Waals surface area (Å²) in [5, 5.41) is 5.19. The summed E-state index contributed by atoms with van der Waals surface area (Å²) in [6.45, 7) is 0.285. The van der Waals surface area contributed by atoms with Crippen LogP contribution in [0.3, 0.4) is 0 Å². The summed E-state index contributed by atoms with van der Waals surface area (Å²) < 4.78 is 0.789. The van der Waals surface area contributed by atoms with Gasteiger partial charge in [0, 0.05) is 7.05 Å². The molecule has 0 aliphatic rings. The summed E-state index contributed by atoms with van der Waals surface area (Å²) >= 11 is 2.18. The number of halogens is 1. The Morgan fingerprint density at radius 1 is 1.64 bits per heavy atom. The van der Waals surface area contributed by atoms with Crippen molar-refractivity contribution >= 4 is 34.4 Å². The molecule has 0 saturated carbocycles. The normalized spacial score (nSPS) is 11.3. The van der Waals surface area contributed by atoms with Crippen molar-refractivity contribution < 1.29 is 5.41 Å². The standard InChI is InChI=1S/C5H12IN5/c1-11(3-6)5(9)10-2-4(7)8/h2-3H2,1H3,(H3,7,8)(H2,9,10)/p+1. The van der Waals surface area contributed by atoms with Crippen LogP contribution in [0.1, 0.15) is 0 Å². The van der Waals surface area contributed by atoms with Gasteiger partial charge < -0.3 is 10.6 Å². The van der Waals surface area contributed by atoms with Gasteiger partial charge in [-0.15, -0.1) is 0 Å². The molecule has 5 nitrogen and oxygen atoms in total. The van der Waals surface area contributed by atoms with Crippen molar-refractivity contribution in [1.29, 1.82) is 0 Å². The zero-order valence-corrected chi connectivity index (χ0v) is 8.58. The summed E-state index contributed by atoms with van der Waals surface area (Å²) in [4.78, 5) is 5.72. The first-order chi connectivity index (χ1) is 5.07. The Balaban J connectivity index is 3.89. The van der Waals surface area contributed by atoms with Gasteiger partial charge in [0.2, 0.25) is 0 Å². The first-order valence-corrected chi connectivity index (χ1v) is 4.54. The first-order valence-electron chi connectivity index (χ1n) is 3.01. The summed E-state index contributed by atoms with van der Waals surface area (Å²) in [7, 11) is 1.85. The number of nitrogens with two attached hydrogens (primary N) is 3. The number of amidine groups is 1. The molecule has 0 rings (SSSR count). The van der Waals surface area contributed by atoms with E-state index in [4.69, 9.17) is 16.9 Å². The number of hydrogen-bond acceptors (Lipinski definition) is 1. The highest BCUT2D eigenvalue weighted by atomic mass is 127. The van der Waals surface area contributed by atoms with Crippen LogP contribution in [0.2, 0.25) is 0 Å². The van der Waals surface area contributed by atoms with Crippen molar-refractivity contribution in [2.75, 3.05) is 18.1 Å². The maximum Gasteiger partial charge on any atom is 0.260 e. The van der Waals surface area contributed by atoms with E-state index in [-0.39, 0.29) is 12.4 Å². The lowest BCUT2D eigenvalue weighted by Gasteiger charge is -2.13. The number of alkyl halides is 1. The van der Waals surface area contributed by atoms with E-state index in [0.717, 1.165) is 4.55 Å². The molecular weight excluding hydrogens is 257 g/mol. The molecule has 6 N–H and O–H groups in total. The van der Waals surface area contributed by atoms with Crippen LogP contribution < -0.4 is 16.9 Å². The van der Waals surface area contributed by atoms with Crippen LogP contribution in [0.5, 0.6) is 0 Å². The third kappa shape index (κ3) is 4.82. The van der Waals surface area contributed by atoms with E-state index < -0.39 is 0 Å². The molecule has 0 fully saturated rings. The second-order valence-electron chi connectivity index (χ2n) is 2.07. The monoisotopic (exact) mass is 270 g/mol. The molecule has 0 aliphatic heterocycles. The summed E-state index contributed by atoms with van der Waals surface area (Å²) in [5.41, 5.74) is 10.7. The van der Waals surface area contributed by atoms with Gasteiger partial charge in [-0.1, -0.05) is 22.6 Å². The average molecular weight is 270 g/mol. The highest BCUT2D eigenvalue weighted by molar-refractivity contribution is 14.1. The SMILES string of the molecule is CN(CI)C(N)=NCC(N)=[NH2+]. The molecule has 11 heavy (non-hydrogen) atoms. The van der Waals surface area contributed by atoms with E-state index in [1.54, 1.807) is 4.90 Å². The molecule has 0 radical (unpaired) electrons. The minimum Gasteiger partial charge on any atom is -0.370 e. The van der Waals surface area contributed by atoms with E-state index in [1.807, 2.05) is 7.05 Å². The minimum atomic E-state index is 0.273. The van der Waals surface area contributed by atoms with Crippen LogP contribution in [0.25, 0.3) is 0 Å². The summed E-state index contributed by atoms with van der Waals surface area (Å²) in [6, 6.07) is 0. The quantitative estimate of drug-likeness (QED) is 0.178. The number of guanidine groups is 1. The van der Waals surface area contributed by atoms with Crippen LogP contribution in [0.15, 0.2) is 4.99 Å². The minimum absolute atomic E-state index is 0.273. The van der Waals surface area contributed by atoms with Crippen LogP contribution in [-0.4, -0.2) is 34.8 Å². The Morgan fingerprint density at radius 3 is 2.55 bits per heavy atom. The number of rotatable bonds is 3. The van der Waals surface area contributed by atoms with Gasteiger partial charge in [-0.25, -0.2) is 4.99 Å². The van der Waals surface area contributed by atoms with E-state index in [2.05, 4.69) is 27.6 Å². The maximum atomic E-state index is 5.52. The summed E-state index contributed by atoms with van der Waals surface area (Å²) in [5.74, 6) is 0.725. The van der Waals surface area contributed by atoms with Gasteiger partial charge in [-0.2, -0.15) is 0 Å². The number of aliphatic imine (C=N–C) groups is 1. The third-order valence-corrected chi connectivity index (χ3v) is 2.02. The maximum absolute atomic E-state index is 5.52. The van der Waals surface area contributed by atoms with Gasteiger partial charge in [0.25, 0.3) is 5.84 Å². The number of hydrogen-bond donors (Lipinski definition) is 3. The van der Waals surface area contributed by atoms with E-state index in [0.29, 0.717) is 5.96 Å². The molecule has 0 heterocycles. The second kappa shape index (κ2) is 5.16. The summed E-state index contributed by atoms with van der Waals surface area (Å²) in [6.07, 6.45) is 0. The van der Waals surface area contributed by atoms with Gasteiger partial charge >= 0.3 is 0 Å². The van der Waals surface area contributed by atoms with Gasteiger partial charge in [0.15, 0.2) is 5.96 Å². The average Bonchev–Trinajstić information content (AvgIpc) is 1.98. The predicted molar refractivity (Wildman–Crippen MR) is 54.3 cm³/mol. The van der Waals surface area contributed by atoms with Crippen molar-refractivity contribution in [3.63, 3.8) is 0 Å². The molecule has 6 heteroatoms. The second-order valence-corrected chi connectivity index (χ2v) is 2.75. The van der Waals surface area contributed by atoms with Crippen molar-refractivity contribution in [3.05, 3.63) is 0 Å². The van der Waals surface area contributed by atoms with Gasteiger partial charge in [0.05, 0.1) is 4.55 Å².